The third-order valence-corrected chi connectivity index (χ3v) is 10.9. The number of azo groups is 2. The molecular formula is C30H20N4O13S4. The smallest absolute Gasteiger partial charge is 0.298 e. The largest absolute Gasteiger partial charge is 0.504 e. The van der Waals surface area contributed by atoms with E-state index < -0.39 is 71.5 Å². The minimum absolute atomic E-state index is 0.0209. The van der Waals surface area contributed by atoms with Gasteiger partial charge in [-0.3, -0.25) is 18.2 Å². The summed E-state index contributed by atoms with van der Waals surface area (Å²) in [6.07, 6.45) is 0. The summed E-state index contributed by atoms with van der Waals surface area (Å²) >= 11 is 0. The Labute approximate surface area is 288 Å². The van der Waals surface area contributed by atoms with Crippen molar-refractivity contribution >= 4 is 95.5 Å². The molecule has 0 bridgehead atoms. The van der Waals surface area contributed by atoms with Crippen LogP contribution in [0.1, 0.15) is 0 Å². The number of nitrogens with zero attached hydrogens (tertiary/aromatic N) is 4. The van der Waals surface area contributed by atoms with Crippen LogP contribution in [0.15, 0.2) is 131 Å². The fourth-order valence-electron chi connectivity index (χ4n) is 5.16. The van der Waals surface area contributed by atoms with Crippen LogP contribution in [0, 0.1) is 0 Å². The molecule has 262 valence electrons. The molecule has 0 aromatic heterocycles. The van der Waals surface area contributed by atoms with Crippen LogP contribution in [0.5, 0.6) is 5.75 Å². The Morgan fingerprint density at radius 1 is 0.431 bits per heavy atom. The molecule has 6 aromatic rings. The van der Waals surface area contributed by atoms with E-state index in [1.165, 1.54) is 30.3 Å². The van der Waals surface area contributed by atoms with Crippen LogP contribution in [0.4, 0.5) is 22.7 Å². The van der Waals surface area contributed by atoms with Crippen LogP contribution in [0.25, 0.3) is 32.3 Å². The van der Waals surface area contributed by atoms with Gasteiger partial charge in [0.05, 0.1) is 26.9 Å². The highest BCUT2D eigenvalue weighted by atomic mass is 32.2. The van der Waals surface area contributed by atoms with Gasteiger partial charge in [-0.2, -0.15) is 38.8 Å². The molecule has 0 fully saturated rings. The molecule has 6 rings (SSSR count). The first kappa shape index (κ1) is 35.6. The Hall–Kier alpha value is -5.26. The van der Waals surface area contributed by atoms with Gasteiger partial charge in [0, 0.05) is 21.5 Å². The van der Waals surface area contributed by atoms with Gasteiger partial charge in [0.25, 0.3) is 40.5 Å². The lowest BCUT2D eigenvalue weighted by Crippen LogP contribution is -2.04. The summed E-state index contributed by atoms with van der Waals surface area (Å²) in [6, 6.07) is 19.0. The molecule has 0 saturated carbocycles. The maximum atomic E-state index is 12.1. The zero-order chi connectivity index (χ0) is 37.1. The molecule has 0 aliphatic heterocycles. The lowest BCUT2D eigenvalue weighted by atomic mass is 10.1. The molecule has 5 N–H and O–H groups in total. The van der Waals surface area contributed by atoms with Crippen LogP contribution < -0.4 is 0 Å². The van der Waals surface area contributed by atoms with Crippen molar-refractivity contribution in [2.45, 2.75) is 19.6 Å². The zero-order valence-corrected chi connectivity index (χ0v) is 28.4. The zero-order valence-electron chi connectivity index (χ0n) is 25.1. The van der Waals surface area contributed by atoms with E-state index in [0.29, 0.717) is 16.8 Å². The van der Waals surface area contributed by atoms with Crippen molar-refractivity contribution in [2.24, 2.45) is 20.5 Å². The molecule has 21 heteroatoms. The Morgan fingerprint density at radius 3 is 1.57 bits per heavy atom. The van der Waals surface area contributed by atoms with Crippen LogP contribution in [-0.2, 0) is 40.5 Å². The molecule has 17 nitrogen and oxygen atoms in total. The number of rotatable bonds is 8. The SMILES string of the molecule is O=S(=O)(O)c1cc(S(=O)(=O)O)c2cc(N=Nc3ccc(N=Nc4c(O)c(S(=O)(=O)O)cc5cc(S(=O)(=O)O)ccc45)c4ccccc34)ccc2c1. The lowest BCUT2D eigenvalue weighted by Gasteiger charge is -2.10. The fraction of sp³-hybridized carbons (Fsp3) is 0. The number of phenols is 1. The summed E-state index contributed by atoms with van der Waals surface area (Å²) in [5.74, 6) is -0.982. The van der Waals surface area contributed by atoms with Gasteiger partial charge in [0.2, 0.25) is 0 Å². The number of aromatic hydroxyl groups is 1. The highest BCUT2D eigenvalue weighted by Crippen LogP contribution is 2.43. The number of hydrogen-bond acceptors (Lipinski definition) is 13. The molecule has 0 spiro atoms. The second-order valence-corrected chi connectivity index (χ2v) is 16.4. The molecule has 0 saturated heterocycles. The Bertz CT molecular complexity index is 2990. The van der Waals surface area contributed by atoms with E-state index in [1.54, 1.807) is 24.3 Å². The molecule has 0 heterocycles. The number of benzene rings is 6. The Balaban J connectivity index is 1.43. The van der Waals surface area contributed by atoms with E-state index in [0.717, 1.165) is 30.3 Å². The van der Waals surface area contributed by atoms with Gasteiger partial charge in [0.15, 0.2) is 5.75 Å². The molecular weight excluding hydrogens is 753 g/mol. The van der Waals surface area contributed by atoms with Crippen molar-refractivity contribution in [3.05, 3.63) is 91.0 Å². The van der Waals surface area contributed by atoms with Crippen molar-refractivity contribution in [2.75, 3.05) is 0 Å². The fourth-order valence-corrected chi connectivity index (χ4v) is 7.64. The van der Waals surface area contributed by atoms with Gasteiger partial charge in [0.1, 0.15) is 15.5 Å². The van der Waals surface area contributed by atoms with Gasteiger partial charge in [-0.1, -0.05) is 36.4 Å². The summed E-state index contributed by atoms with van der Waals surface area (Å²) in [5.41, 5.74) is 0.111. The molecule has 0 atom stereocenters. The van der Waals surface area contributed by atoms with Crippen molar-refractivity contribution in [1.82, 2.24) is 0 Å². The summed E-state index contributed by atoms with van der Waals surface area (Å²) in [6.45, 7) is 0. The molecule has 6 aromatic carbocycles. The normalized spacial score (nSPS) is 13.3. The van der Waals surface area contributed by atoms with Crippen molar-refractivity contribution in [1.29, 1.82) is 0 Å². The molecule has 51 heavy (non-hydrogen) atoms. The summed E-state index contributed by atoms with van der Waals surface area (Å²) < 4.78 is 133. The van der Waals surface area contributed by atoms with E-state index in [1.807, 2.05) is 0 Å². The van der Waals surface area contributed by atoms with Gasteiger partial charge in [-0.15, -0.1) is 15.3 Å². The number of fused-ring (bicyclic) bond motifs is 3. The monoisotopic (exact) mass is 772 g/mol. The second kappa shape index (κ2) is 12.5. The number of phenolic OH excluding ortho intramolecular Hbond substituents is 1. The molecule has 0 unspecified atom stereocenters. The van der Waals surface area contributed by atoms with Crippen molar-refractivity contribution in [3.63, 3.8) is 0 Å². The molecule has 0 aliphatic rings. The summed E-state index contributed by atoms with van der Waals surface area (Å²) in [5, 5.41) is 28.1. The average molecular weight is 773 g/mol. The van der Waals surface area contributed by atoms with Crippen LogP contribution in [0.3, 0.4) is 0 Å². The first-order chi connectivity index (χ1) is 23.7. The third kappa shape index (κ3) is 7.17. The summed E-state index contributed by atoms with van der Waals surface area (Å²) in [4.78, 5) is -3.12. The van der Waals surface area contributed by atoms with Crippen LogP contribution in [0.2, 0.25) is 0 Å². The summed E-state index contributed by atoms with van der Waals surface area (Å²) in [7, 11) is -19.5. The maximum Gasteiger partial charge on any atom is 0.298 e. The van der Waals surface area contributed by atoms with E-state index in [2.05, 4.69) is 20.5 Å². The van der Waals surface area contributed by atoms with E-state index in [9.17, 15) is 57.0 Å². The number of hydrogen-bond donors (Lipinski definition) is 5. The third-order valence-electron chi connectivity index (χ3n) is 7.46. The quantitative estimate of drug-likeness (QED) is 0.0799. The molecule has 0 radical (unpaired) electrons. The predicted octanol–water partition coefficient (Wildman–Crippen LogP) is 6.67. The Kier molecular flexibility index (Phi) is 8.72. The van der Waals surface area contributed by atoms with Gasteiger partial charge in [-0.25, -0.2) is 0 Å². The lowest BCUT2D eigenvalue weighted by molar-refractivity contribution is 0.444. The van der Waals surface area contributed by atoms with Gasteiger partial charge in [-0.05, 0) is 65.4 Å². The first-order valence-corrected chi connectivity index (χ1v) is 19.6. The van der Waals surface area contributed by atoms with Gasteiger partial charge < -0.3 is 5.11 Å². The topological polar surface area (TPSA) is 287 Å². The van der Waals surface area contributed by atoms with E-state index in [4.69, 9.17) is 0 Å². The first-order valence-electron chi connectivity index (χ1n) is 13.8. The van der Waals surface area contributed by atoms with Crippen molar-refractivity contribution < 1.29 is 57.0 Å². The second-order valence-electron chi connectivity index (χ2n) is 10.7. The minimum Gasteiger partial charge on any atom is -0.504 e. The van der Waals surface area contributed by atoms with Crippen molar-refractivity contribution in [3.8, 4) is 5.75 Å². The van der Waals surface area contributed by atoms with Crippen LogP contribution >= 0.6 is 0 Å². The predicted molar refractivity (Wildman–Crippen MR) is 181 cm³/mol. The average Bonchev–Trinajstić information content (AvgIpc) is 3.04. The molecule has 0 amide bonds. The minimum atomic E-state index is -5.04. The highest BCUT2D eigenvalue weighted by molar-refractivity contribution is 7.87. The Morgan fingerprint density at radius 2 is 1.00 bits per heavy atom. The van der Waals surface area contributed by atoms with E-state index >= 15 is 0 Å². The van der Waals surface area contributed by atoms with Gasteiger partial charge >= 0.3 is 0 Å². The van der Waals surface area contributed by atoms with E-state index in [-0.39, 0.29) is 38.6 Å². The van der Waals surface area contributed by atoms with Crippen LogP contribution in [-0.4, -0.2) is 57.0 Å². The molecule has 0 aliphatic carbocycles. The standard InChI is InChI=1S/C30H20N4O13S4/c35-30-28(51(45,46)47)13-17-12-19(48(36,37)38)7-8-21(17)29(30)34-33-26-10-9-25(22-3-1-2-4-23(22)26)32-31-18-6-5-16-11-20(49(39,40)41)15-27(24(16)14-18)50(42,43)44/h1-15,35H,(H,36,37,38)(H,39,40,41)(H,42,43,44)(H,45,46,47). The highest BCUT2D eigenvalue weighted by Gasteiger charge is 2.24. The maximum absolute atomic E-state index is 12.1.